The lowest BCUT2D eigenvalue weighted by Crippen LogP contribution is -2.20. The lowest BCUT2D eigenvalue weighted by Gasteiger charge is -2.16. The van der Waals surface area contributed by atoms with E-state index in [1.54, 1.807) is 0 Å². The summed E-state index contributed by atoms with van der Waals surface area (Å²) in [7, 11) is 0. The highest BCUT2D eigenvalue weighted by molar-refractivity contribution is 8.13. The Balaban J connectivity index is 2.14. The summed E-state index contributed by atoms with van der Waals surface area (Å²) < 4.78 is 0. The molecule has 7 nitrogen and oxygen atoms in total. The van der Waals surface area contributed by atoms with Crippen molar-refractivity contribution >= 4 is 39.5 Å². The van der Waals surface area contributed by atoms with E-state index in [2.05, 4.69) is 20.2 Å². The molecule has 0 aromatic carbocycles. The SMILES string of the molecule is CC(=O)SCCC(O)C(O)c1[nH]nc2ncnc(Cl)c12. The number of fused-ring (bicyclic) bond motifs is 1. The molecule has 0 aliphatic rings. The summed E-state index contributed by atoms with van der Waals surface area (Å²) in [6.45, 7) is 1.45. The predicted molar refractivity (Wildman–Crippen MR) is 75.4 cm³/mol. The normalized spacial score (nSPS) is 14.4. The lowest BCUT2D eigenvalue weighted by atomic mass is 10.1. The zero-order valence-corrected chi connectivity index (χ0v) is 12.1. The van der Waals surface area contributed by atoms with Crippen molar-refractivity contribution in [2.45, 2.75) is 25.6 Å². The summed E-state index contributed by atoms with van der Waals surface area (Å²) in [5.74, 6) is 0.420. The monoisotopic (exact) mass is 316 g/mol. The van der Waals surface area contributed by atoms with E-state index in [0.29, 0.717) is 16.8 Å². The number of hydrogen-bond donors (Lipinski definition) is 3. The van der Waals surface area contributed by atoms with E-state index in [1.165, 1.54) is 13.3 Å². The zero-order valence-electron chi connectivity index (χ0n) is 10.6. The van der Waals surface area contributed by atoms with Gasteiger partial charge in [-0.2, -0.15) is 5.10 Å². The molecule has 0 spiro atoms. The van der Waals surface area contributed by atoms with Gasteiger partial charge in [0, 0.05) is 12.7 Å². The molecule has 9 heteroatoms. The predicted octanol–water partition coefficient (Wildman–Crippen LogP) is 1.07. The Morgan fingerprint density at radius 3 is 2.95 bits per heavy atom. The standard InChI is InChI=1S/C11H13ClN4O3S/c1-5(17)20-3-2-6(18)9(19)8-7-10(12)13-4-14-11(7)16-15-8/h4,6,9,18-19H,2-3H2,1H3,(H,13,14,15,16). The molecule has 0 saturated heterocycles. The molecule has 2 unspecified atom stereocenters. The number of halogens is 1. The van der Waals surface area contributed by atoms with E-state index in [4.69, 9.17) is 11.6 Å². The van der Waals surface area contributed by atoms with Crippen molar-refractivity contribution in [3.8, 4) is 0 Å². The maximum atomic E-state index is 10.8. The number of aromatic amines is 1. The number of nitrogens with zero attached hydrogens (tertiary/aromatic N) is 3. The first-order valence-electron chi connectivity index (χ1n) is 5.84. The van der Waals surface area contributed by atoms with Crippen LogP contribution in [0.2, 0.25) is 5.15 Å². The van der Waals surface area contributed by atoms with Gasteiger partial charge in [-0.1, -0.05) is 23.4 Å². The van der Waals surface area contributed by atoms with Gasteiger partial charge >= 0.3 is 0 Å². The maximum absolute atomic E-state index is 10.8. The highest BCUT2D eigenvalue weighted by atomic mass is 35.5. The summed E-state index contributed by atoms with van der Waals surface area (Å²) in [5.41, 5.74) is 0.593. The van der Waals surface area contributed by atoms with Crippen molar-refractivity contribution in [2.24, 2.45) is 0 Å². The molecule has 2 aromatic rings. The van der Waals surface area contributed by atoms with Crippen LogP contribution in [0.25, 0.3) is 11.0 Å². The van der Waals surface area contributed by atoms with Crippen LogP contribution in [0.5, 0.6) is 0 Å². The molecule has 2 atom stereocenters. The van der Waals surface area contributed by atoms with Crippen molar-refractivity contribution < 1.29 is 15.0 Å². The second-order valence-electron chi connectivity index (χ2n) is 4.14. The van der Waals surface area contributed by atoms with Crippen molar-refractivity contribution in [1.29, 1.82) is 0 Å². The molecule has 0 amide bonds. The van der Waals surface area contributed by atoms with Crippen LogP contribution in [0.4, 0.5) is 0 Å². The molecule has 0 radical (unpaired) electrons. The molecule has 2 rings (SSSR count). The van der Waals surface area contributed by atoms with Crippen LogP contribution in [0.1, 0.15) is 25.1 Å². The molecule has 2 aromatic heterocycles. The van der Waals surface area contributed by atoms with E-state index < -0.39 is 12.2 Å². The van der Waals surface area contributed by atoms with Gasteiger partial charge in [0.25, 0.3) is 0 Å². The van der Waals surface area contributed by atoms with Crippen LogP contribution < -0.4 is 0 Å². The molecule has 108 valence electrons. The molecular weight excluding hydrogens is 304 g/mol. The van der Waals surface area contributed by atoms with E-state index >= 15 is 0 Å². The first kappa shape index (κ1) is 15.2. The number of carbonyl (C=O) groups is 1. The van der Waals surface area contributed by atoms with Crippen LogP contribution >= 0.6 is 23.4 Å². The average molecular weight is 317 g/mol. The van der Waals surface area contributed by atoms with Gasteiger partial charge in [-0.3, -0.25) is 9.89 Å². The van der Waals surface area contributed by atoms with Gasteiger partial charge in [0.1, 0.15) is 17.6 Å². The Morgan fingerprint density at radius 2 is 2.25 bits per heavy atom. The third-order valence-electron chi connectivity index (χ3n) is 2.71. The van der Waals surface area contributed by atoms with E-state index in [9.17, 15) is 15.0 Å². The maximum Gasteiger partial charge on any atom is 0.185 e. The summed E-state index contributed by atoms with van der Waals surface area (Å²) in [6.07, 6.45) is -0.712. The fourth-order valence-corrected chi connectivity index (χ4v) is 2.61. The van der Waals surface area contributed by atoms with Crippen LogP contribution in [-0.2, 0) is 4.79 Å². The number of carbonyl (C=O) groups excluding carboxylic acids is 1. The Bertz CT molecular complexity index is 621. The van der Waals surface area contributed by atoms with Gasteiger partial charge in [0.2, 0.25) is 0 Å². The number of aliphatic hydroxyl groups excluding tert-OH is 2. The summed E-state index contributed by atoms with van der Waals surface area (Å²) in [6, 6.07) is 0. The zero-order chi connectivity index (χ0) is 14.7. The Morgan fingerprint density at radius 1 is 1.50 bits per heavy atom. The molecule has 2 heterocycles. The van der Waals surface area contributed by atoms with Crippen molar-refractivity contribution in [3.63, 3.8) is 0 Å². The number of thioether (sulfide) groups is 1. The number of hydrogen-bond acceptors (Lipinski definition) is 7. The summed E-state index contributed by atoms with van der Waals surface area (Å²) >= 11 is 7.04. The van der Waals surface area contributed by atoms with Crippen molar-refractivity contribution in [2.75, 3.05) is 5.75 Å². The smallest absolute Gasteiger partial charge is 0.185 e. The topological polar surface area (TPSA) is 112 Å². The number of nitrogens with one attached hydrogen (secondary N) is 1. The molecule has 0 bridgehead atoms. The fraction of sp³-hybridized carbons (Fsp3) is 0.455. The summed E-state index contributed by atoms with van der Waals surface area (Å²) in [5, 5.41) is 27.1. The quantitative estimate of drug-likeness (QED) is 0.707. The second-order valence-corrected chi connectivity index (χ2v) is 5.77. The minimum atomic E-state index is -1.20. The average Bonchev–Trinajstić information content (AvgIpc) is 2.82. The molecule has 0 aliphatic heterocycles. The number of aromatic nitrogens is 4. The van der Waals surface area contributed by atoms with Crippen LogP contribution in [0.3, 0.4) is 0 Å². The van der Waals surface area contributed by atoms with Gasteiger partial charge in [-0.05, 0) is 6.42 Å². The molecule has 0 aliphatic carbocycles. The summed E-state index contributed by atoms with van der Waals surface area (Å²) in [4.78, 5) is 18.5. The Hall–Kier alpha value is -1.22. The molecule has 3 N–H and O–H groups in total. The van der Waals surface area contributed by atoms with Crippen LogP contribution in [0.15, 0.2) is 6.33 Å². The number of H-pyrrole nitrogens is 1. The highest BCUT2D eigenvalue weighted by Gasteiger charge is 2.24. The fourth-order valence-electron chi connectivity index (χ4n) is 1.73. The molecule has 20 heavy (non-hydrogen) atoms. The Kier molecular flexibility index (Phi) is 4.92. The minimum absolute atomic E-state index is 0.0323. The third-order valence-corrected chi connectivity index (χ3v) is 3.84. The van der Waals surface area contributed by atoms with Crippen LogP contribution in [0, 0.1) is 0 Å². The van der Waals surface area contributed by atoms with E-state index in [1.807, 2.05) is 0 Å². The van der Waals surface area contributed by atoms with Crippen molar-refractivity contribution in [3.05, 3.63) is 17.2 Å². The first-order valence-corrected chi connectivity index (χ1v) is 7.21. The van der Waals surface area contributed by atoms with Gasteiger partial charge in [-0.15, -0.1) is 0 Å². The largest absolute Gasteiger partial charge is 0.390 e. The van der Waals surface area contributed by atoms with E-state index in [0.717, 1.165) is 11.8 Å². The third kappa shape index (κ3) is 3.26. The highest BCUT2D eigenvalue weighted by Crippen LogP contribution is 2.28. The second kappa shape index (κ2) is 6.49. The number of aliphatic hydroxyl groups is 2. The lowest BCUT2D eigenvalue weighted by molar-refractivity contribution is -0.109. The molecule has 0 saturated carbocycles. The minimum Gasteiger partial charge on any atom is -0.390 e. The van der Waals surface area contributed by atoms with Gasteiger partial charge in [0.05, 0.1) is 17.2 Å². The number of rotatable bonds is 5. The van der Waals surface area contributed by atoms with E-state index in [-0.39, 0.29) is 22.4 Å². The van der Waals surface area contributed by atoms with Gasteiger partial charge in [-0.25, -0.2) is 9.97 Å². The first-order chi connectivity index (χ1) is 9.50. The molecular formula is C11H13ClN4O3S. The Labute approximate surface area is 123 Å². The van der Waals surface area contributed by atoms with Crippen molar-refractivity contribution in [1.82, 2.24) is 20.2 Å². The van der Waals surface area contributed by atoms with Gasteiger partial charge in [0.15, 0.2) is 10.8 Å². The molecule has 0 fully saturated rings. The van der Waals surface area contributed by atoms with Crippen LogP contribution in [-0.4, -0.2) is 47.4 Å². The van der Waals surface area contributed by atoms with Gasteiger partial charge < -0.3 is 10.2 Å².